The minimum atomic E-state index is 0.408. The zero-order chi connectivity index (χ0) is 10.7. The number of hydrogen-bond acceptors (Lipinski definition) is 2. The maximum atomic E-state index is 4.18. The average molecular weight is 201 g/mol. The molecule has 0 aliphatic carbocycles. The summed E-state index contributed by atoms with van der Waals surface area (Å²) in [5, 5.41) is 10.9. The summed E-state index contributed by atoms with van der Waals surface area (Å²) >= 11 is 0. The lowest BCUT2D eigenvalue weighted by Crippen LogP contribution is -2.00. The van der Waals surface area contributed by atoms with Crippen LogP contribution in [-0.4, -0.2) is 15.4 Å². The molecule has 78 valence electrons. The first kappa shape index (κ1) is 9.90. The van der Waals surface area contributed by atoms with Crippen LogP contribution in [0.25, 0.3) is 0 Å². The van der Waals surface area contributed by atoms with Gasteiger partial charge in [-0.05, 0) is 18.9 Å². The summed E-state index contributed by atoms with van der Waals surface area (Å²) < 4.78 is 0. The van der Waals surface area contributed by atoms with Gasteiger partial charge in [-0.1, -0.05) is 37.3 Å². The molecule has 1 heterocycles. The van der Waals surface area contributed by atoms with Gasteiger partial charge in [-0.25, -0.2) is 0 Å². The number of benzene rings is 1. The molecule has 2 aromatic rings. The quantitative estimate of drug-likeness (QED) is 0.828. The number of aromatic amines is 1. The maximum Gasteiger partial charge on any atom is 0.0885 e. The van der Waals surface area contributed by atoms with Crippen LogP contribution in [0, 0.1) is 6.92 Å². The highest BCUT2D eigenvalue weighted by Crippen LogP contribution is 2.19. The molecule has 0 fully saturated rings. The van der Waals surface area contributed by atoms with E-state index in [1.54, 1.807) is 0 Å². The monoisotopic (exact) mass is 201 g/mol. The van der Waals surface area contributed by atoms with E-state index in [0.29, 0.717) is 5.92 Å². The van der Waals surface area contributed by atoms with Crippen LogP contribution in [0.5, 0.6) is 0 Å². The third kappa shape index (κ3) is 2.24. The first-order valence-corrected chi connectivity index (χ1v) is 5.18. The second kappa shape index (κ2) is 4.26. The predicted molar refractivity (Wildman–Crippen MR) is 59.7 cm³/mol. The lowest BCUT2D eigenvalue weighted by atomic mass is 9.97. The minimum absolute atomic E-state index is 0.408. The van der Waals surface area contributed by atoms with Gasteiger partial charge in [-0.3, -0.25) is 0 Å². The molecule has 0 bridgehead atoms. The molecule has 1 aromatic carbocycles. The summed E-state index contributed by atoms with van der Waals surface area (Å²) in [7, 11) is 0. The first-order chi connectivity index (χ1) is 7.27. The molecule has 0 spiro atoms. The maximum absolute atomic E-state index is 4.18. The fourth-order valence-electron chi connectivity index (χ4n) is 1.82. The van der Waals surface area contributed by atoms with Crippen molar-refractivity contribution >= 4 is 0 Å². The van der Waals surface area contributed by atoms with E-state index in [4.69, 9.17) is 0 Å². The molecule has 1 atom stereocenters. The van der Waals surface area contributed by atoms with Gasteiger partial charge in [-0.2, -0.15) is 15.4 Å². The molecule has 0 amide bonds. The Hall–Kier alpha value is -1.64. The Balaban J connectivity index is 2.11. The Morgan fingerprint density at radius 2 is 1.93 bits per heavy atom. The van der Waals surface area contributed by atoms with Gasteiger partial charge in [0.15, 0.2) is 0 Å². The molecule has 0 radical (unpaired) electrons. The molecule has 1 N–H and O–H groups in total. The fourth-order valence-corrected chi connectivity index (χ4v) is 1.82. The van der Waals surface area contributed by atoms with E-state index in [2.05, 4.69) is 46.6 Å². The van der Waals surface area contributed by atoms with Crippen molar-refractivity contribution in [2.75, 3.05) is 0 Å². The molecular weight excluding hydrogens is 186 g/mol. The van der Waals surface area contributed by atoms with Crippen LogP contribution in [-0.2, 0) is 6.42 Å². The molecule has 3 nitrogen and oxygen atoms in total. The van der Waals surface area contributed by atoms with Gasteiger partial charge in [-0.15, -0.1) is 0 Å². The third-order valence-electron chi connectivity index (χ3n) is 2.61. The zero-order valence-corrected chi connectivity index (χ0v) is 9.07. The SMILES string of the molecule is Cc1n[nH]nc1C(C)Cc1ccccc1. The van der Waals surface area contributed by atoms with Crippen molar-refractivity contribution in [2.24, 2.45) is 0 Å². The summed E-state index contributed by atoms with van der Waals surface area (Å²) in [4.78, 5) is 0. The highest BCUT2D eigenvalue weighted by molar-refractivity contribution is 5.20. The van der Waals surface area contributed by atoms with Crippen LogP contribution in [0.15, 0.2) is 30.3 Å². The zero-order valence-electron chi connectivity index (χ0n) is 9.07. The number of H-pyrrole nitrogens is 1. The molecule has 0 aliphatic heterocycles. The van der Waals surface area contributed by atoms with Crippen molar-refractivity contribution in [3.05, 3.63) is 47.3 Å². The highest BCUT2D eigenvalue weighted by Gasteiger charge is 2.12. The van der Waals surface area contributed by atoms with E-state index < -0.39 is 0 Å². The van der Waals surface area contributed by atoms with E-state index in [-0.39, 0.29) is 0 Å². The smallest absolute Gasteiger partial charge is 0.0885 e. The standard InChI is InChI=1S/C12H15N3/c1-9(12-10(2)13-15-14-12)8-11-6-4-3-5-7-11/h3-7,9H,8H2,1-2H3,(H,13,14,15). The number of nitrogens with one attached hydrogen (secondary N) is 1. The van der Waals surface area contributed by atoms with E-state index in [1.165, 1.54) is 5.56 Å². The van der Waals surface area contributed by atoms with Crippen molar-refractivity contribution in [1.29, 1.82) is 0 Å². The van der Waals surface area contributed by atoms with Crippen molar-refractivity contribution in [3.8, 4) is 0 Å². The first-order valence-electron chi connectivity index (χ1n) is 5.18. The number of aromatic nitrogens is 3. The Kier molecular flexibility index (Phi) is 2.81. The Labute approximate surface area is 89.5 Å². The van der Waals surface area contributed by atoms with Gasteiger partial charge >= 0.3 is 0 Å². The number of nitrogens with zero attached hydrogens (tertiary/aromatic N) is 2. The summed E-state index contributed by atoms with van der Waals surface area (Å²) in [6, 6.07) is 10.5. The molecule has 1 aromatic heterocycles. The fraction of sp³-hybridized carbons (Fsp3) is 0.333. The van der Waals surface area contributed by atoms with Crippen molar-refractivity contribution in [2.45, 2.75) is 26.2 Å². The van der Waals surface area contributed by atoms with Gasteiger partial charge in [0.2, 0.25) is 0 Å². The van der Waals surface area contributed by atoms with Gasteiger partial charge in [0.25, 0.3) is 0 Å². The molecule has 15 heavy (non-hydrogen) atoms. The molecular formula is C12H15N3. The van der Waals surface area contributed by atoms with Gasteiger partial charge in [0.1, 0.15) is 0 Å². The molecule has 0 saturated carbocycles. The number of aryl methyl sites for hydroxylation is 1. The van der Waals surface area contributed by atoms with Crippen LogP contribution in [0.4, 0.5) is 0 Å². The van der Waals surface area contributed by atoms with Crippen molar-refractivity contribution in [3.63, 3.8) is 0 Å². The third-order valence-corrected chi connectivity index (χ3v) is 2.61. The van der Waals surface area contributed by atoms with E-state index >= 15 is 0 Å². The van der Waals surface area contributed by atoms with E-state index in [1.807, 2.05) is 13.0 Å². The van der Waals surface area contributed by atoms with Crippen LogP contribution >= 0.6 is 0 Å². The molecule has 2 rings (SSSR count). The largest absolute Gasteiger partial charge is 0.197 e. The van der Waals surface area contributed by atoms with Crippen molar-refractivity contribution in [1.82, 2.24) is 15.4 Å². The number of hydrogen-bond donors (Lipinski definition) is 1. The second-order valence-corrected chi connectivity index (χ2v) is 3.89. The summed E-state index contributed by atoms with van der Waals surface area (Å²) in [5.41, 5.74) is 3.41. The Bertz CT molecular complexity index is 419. The number of rotatable bonds is 3. The second-order valence-electron chi connectivity index (χ2n) is 3.89. The van der Waals surface area contributed by atoms with Crippen LogP contribution < -0.4 is 0 Å². The van der Waals surface area contributed by atoms with Crippen LogP contribution in [0.2, 0.25) is 0 Å². The molecule has 1 unspecified atom stereocenters. The van der Waals surface area contributed by atoms with Gasteiger partial charge in [0.05, 0.1) is 11.4 Å². The van der Waals surface area contributed by atoms with Crippen LogP contribution in [0.3, 0.4) is 0 Å². The van der Waals surface area contributed by atoms with E-state index in [9.17, 15) is 0 Å². The minimum Gasteiger partial charge on any atom is -0.197 e. The normalized spacial score (nSPS) is 12.7. The lowest BCUT2D eigenvalue weighted by molar-refractivity contribution is 0.720. The average Bonchev–Trinajstić information content (AvgIpc) is 2.66. The highest BCUT2D eigenvalue weighted by atomic mass is 15.3. The molecule has 0 aliphatic rings. The lowest BCUT2D eigenvalue weighted by Gasteiger charge is -2.08. The van der Waals surface area contributed by atoms with Gasteiger partial charge in [0, 0.05) is 5.92 Å². The summed E-state index contributed by atoms with van der Waals surface area (Å²) in [6.07, 6.45) is 1.01. The summed E-state index contributed by atoms with van der Waals surface area (Å²) in [6.45, 7) is 4.16. The van der Waals surface area contributed by atoms with Crippen molar-refractivity contribution < 1.29 is 0 Å². The van der Waals surface area contributed by atoms with E-state index in [0.717, 1.165) is 17.8 Å². The van der Waals surface area contributed by atoms with Crippen LogP contribution in [0.1, 0.15) is 29.8 Å². The summed E-state index contributed by atoms with van der Waals surface area (Å²) in [5.74, 6) is 0.408. The molecule has 3 heteroatoms. The Morgan fingerprint density at radius 3 is 2.53 bits per heavy atom. The predicted octanol–water partition coefficient (Wildman–Crippen LogP) is 2.46. The molecule has 0 saturated heterocycles. The van der Waals surface area contributed by atoms with Gasteiger partial charge < -0.3 is 0 Å². The topological polar surface area (TPSA) is 41.6 Å². The Morgan fingerprint density at radius 1 is 1.20 bits per heavy atom.